The van der Waals surface area contributed by atoms with Gasteiger partial charge in [-0.2, -0.15) is 0 Å². The summed E-state index contributed by atoms with van der Waals surface area (Å²) in [4.78, 5) is 8.16. The Balaban J connectivity index is 1.85. The topological polar surface area (TPSA) is 16.1 Å². The summed E-state index contributed by atoms with van der Waals surface area (Å²) in [5, 5.41) is 1.14. The van der Waals surface area contributed by atoms with Crippen molar-refractivity contribution in [2.45, 2.75) is 38.3 Å². The highest BCUT2D eigenvalue weighted by molar-refractivity contribution is 9.09. The maximum Gasteiger partial charge on any atom is 0.0794 e. The van der Waals surface area contributed by atoms with Gasteiger partial charge in [-0.3, -0.25) is 9.88 Å². The predicted molar refractivity (Wildman–Crippen MR) is 68.6 cm³/mol. The second-order valence-electron chi connectivity index (χ2n) is 4.07. The van der Waals surface area contributed by atoms with Gasteiger partial charge >= 0.3 is 0 Å². The van der Waals surface area contributed by atoms with E-state index >= 15 is 0 Å². The van der Waals surface area contributed by atoms with E-state index in [4.69, 9.17) is 0 Å². The van der Waals surface area contributed by atoms with Gasteiger partial charge in [-0.25, -0.2) is 0 Å². The second-order valence-corrected chi connectivity index (χ2v) is 5.83. The van der Waals surface area contributed by atoms with Crippen molar-refractivity contribution in [1.29, 1.82) is 0 Å². The smallest absolute Gasteiger partial charge is 0.0794 e. The fourth-order valence-corrected chi connectivity index (χ4v) is 3.21. The van der Waals surface area contributed by atoms with E-state index in [0.29, 0.717) is 0 Å². The minimum absolute atomic E-state index is 0.810. The summed E-state index contributed by atoms with van der Waals surface area (Å²) in [6.45, 7) is 2.38. The molecule has 1 aliphatic heterocycles. The highest BCUT2D eigenvalue weighted by atomic mass is 79.9. The van der Waals surface area contributed by atoms with Crippen molar-refractivity contribution in [1.82, 2.24) is 9.88 Å². The molecule has 0 saturated carbocycles. The summed E-state index contributed by atoms with van der Waals surface area (Å²) in [6.07, 6.45) is 7.38. The Morgan fingerprint density at radius 3 is 3.27 bits per heavy atom. The third kappa shape index (κ3) is 3.26. The summed E-state index contributed by atoms with van der Waals surface area (Å²) in [5.41, 5.74) is 1.93. The maximum absolute atomic E-state index is 4.14. The molecule has 0 N–H and O–H groups in total. The van der Waals surface area contributed by atoms with E-state index in [1.54, 1.807) is 11.3 Å². The van der Waals surface area contributed by atoms with Gasteiger partial charge in [-0.15, -0.1) is 11.3 Å². The molecule has 1 aromatic rings. The van der Waals surface area contributed by atoms with E-state index in [0.717, 1.165) is 17.9 Å². The number of rotatable bonds is 5. The number of nitrogens with zero attached hydrogens (tertiary/aromatic N) is 2. The van der Waals surface area contributed by atoms with Gasteiger partial charge in [0.05, 0.1) is 5.51 Å². The molecule has 0 aromatic carbocycles. The zero-order valence-corrected chi connectivity index (χ0v) is 11.3. The van der Waals surface area contributed by atoms with E-state index in [2.05, 4.69) is 25.8 Å². The normalized spacial score (nSPS) is 22.3. The van der Waals surface area contributed by atoms with Crippen LogP contribution in [0.4, 0.5) is 0 Å². The summed E-state index contributed by atoms with van der Waals surface area (Å²) in [7, 11) is 0. The number of likely N-dealkylation sites (tertiary alicyclic amines) is 1. The first-order valence-corrected chi connectivity index (χ1v) is 7.57. The Labute approximate surface area is 104 Å². The van der Waals surface area contributed by atoms with E-state index in [1.165, 1.54) is 37.1 Å². The zero-order valence-electron chi connectivity index (χ0n) is 8.86. The lowest BCUT2D eigenvalue weighted by Crippen LogP contribution is -2.28. The van der Waals surface area contributed by atoms with Crippen LogP contribution >= 0.6 is 27.3 Å². The lowest BCUT2D eigenvalue weighted by Gasteiger charge is -2.23. The molecule has 4 heteroatoms. The number of hydrogen-bond donors (Lipinski definition) is 0. The first-order chi connectivity index (χ1) is 7.40. The standard InChI is InChI=1S/C11H17BrN2S/c12-5-1-3-10-4-2-6-14(10)8-11-7-13-9-15-11/h7,9-10H,1-6,8H2. The Kier molecular flexibility index (Phi) is 4.60. The fraction of sp³-hybridized carbons (Fsp3) is 0.727. The van der Waals surface area contributed by atoms with Crippen LogP contribution in [-0.2, 0) is 6.54 Å². The van der Waals surface area contributed by atoms with Crippen molar-refractivity contribution in [2.75, 3.05) is 11.9 Å². The van der Waals surface area contributed by atoms with Gasteiger partial charge < -0.3 is 0 Å². The molecule has 1 aliphatic rings. The lowest BCUT2D eigenvalue weighted by molar-refractivity contribution is 0.236. The van der Waals surface area contributed by atoms with E-state index in [1.807, 2.05) is 11.7 Å². The molecular weight excluding hydrogens is 272 g/mol. The Hall–Kier alpha value is 0.0700. The molecule has 2 heterocycles. The molecule has 2 nitrogen and oxygen atoms in total. The van der Waals surface area contributed by atoms with Gasteiger partial charge in [0.25, 0.3) is 0 Å². The average molecular weight is 289 g/mol. The van der Waals surface area contributed by atoms with Crippen LogP contribution in [-0.4, -0.2) is 27.8 Å². The number of hydrogen-bond acceptors (Lipinski definition) is 3. The van der Waals surface area contributed by atoms with Crippen LogP contribution in [0.5, 0.6) is 0 Å². The highest BCUT2D eigenvalue weighted by Gasteiger charge is 2.23. The lowest BCUT2D eigenvalue weighted by atomic mass is 10.1. The van der Waals surface area contributed by atoms with Crippen molar-refractivity contribution in [3.05, 3.63) is 16.6 Å². The maximum atomic E-state index is 4.14. The molecule has 1 aromatic heterocycles. The molecule has 0 radical (unpaired) electrons. The van der Waals surface area contributed by atoms with Crippen LogP contribution in [0, 0.1) is 0 Å². The summed E-state index contributed by atoms with van der Waals surface area (Å²) in [6, 6.07) is 0.810. The molecule has 1 unspecified atom stereocenters. The molecule has 0 bridgehead atoms. The van der Waals surface area contributed by atoms with Gasteiger partial charge in [-0.1, -0.05) is 15.9 Å². The molecule has 84 valence electrons. The minimum atomic E-state index is 0.810. The number of halogens is 1. The Morgan fingerprint density at radius 1 is 1.60 bits per heavy atom. The van der Waals surface area contributed by atoms with Gasteiger partial charge in [0.1, 0.15) is 0 Å². The van der Waals surface area contributed by atoms with Crippen molar-refractivity contribution < 1.29 is 0 Å². The third-order valence-corrected chi connectivity index (χ3v) is 4.34. The van der Waals surface area contributed by atoms with Crippen LogP contribution in [0.25, 0.3) is 0 Å². The summed E-state index contributed by atoms with van der Waals surface area (Å²) in [5.74, 6) is 0. The third-order valence-electron chi connectivity index (χ3n) is 3.01. The number of thiazole rings is 1. The first-order valence-electron chi connectivity index (χ1n) is 5.57. The molecule has 1 atom stereocenters. The summed E-state index contributed by atoms with van der Waals surface area (Å²) >= 11 is 5.28. The van der Waals surface area contributed by atoms with Crippen LogP contribution in [0.2, 0.25) is 0 Å². The SMILES string of the molecule is BrCCCC1CCCN1Cc1cncs1. The molecule has 15 heavy (non-hydrogen) atoms. The summed E-state index contributed by atoms with van der Waals surface area (Å²) < 4.78 is 0. The first kappa shape index (κ1) is 11.6. The average Bonchev–Trinajstić information content (AvgIpc) is 2.87. The van der Waals surface area contributed by atoms with Gasteiger partial charge in [0, 0.05) is 29.0 Å². The van der Waals surface area contributed by atoms with Gasteiger partial charge in [0.2, 0.25) is 0 Å². The van der Waals surface area contributed by atoms with Crippen LogP contribution in [0.3, 0.4) is 0 Å². The van der Waals surface area contributed by atoms with Crippen molar-refractivity contribution in [2.24, 2.45) is 0 Å². The predicted octanol–water partition coefficient (Wildman–Crippen LogP) is 3.28. The van der Waals surface area contributed by atoms with Crippen molar-refractivity contribution in [3.63, 3.8) is 0 Å². The molecule has 0 spiro atoms. The van der Waals surface area contributed by atoms with Gasteiger partial charge in [-0.05, 0) is 32.2 Å². The van der Waals surface area contributed by atoms with E-state index in [-0.39, 0.29) is 0 Å². The van der Waals surface area contributed by atoms with E-state index < -0.39 is 0 Å². The molecule has 1 saturated heterocycles. The number of aromatic nitrogens is 1. The molecule has 1 fully saturated rings. The number of alkyl halides is 1. The van der Waals surface area contributed by atoms with Crippen LogP contribution in [0.1, 0.15) is 30.6 Å². The monoisotopic (exact) mass is 288 g/mol. The zero-order chi connectivity index (χ0) is 10.5. The second kappa shape index (κ2) is 5.97. The van der Waals surface area contributed by atoms with E-state index in [9.17, 15) is 0 Å². The Bertz CT molecular complexity index is 276. The molecule has 0 aliphatic carbocycles. The molecular formula is C11H17BrN2S. The van der Waals surface area contributed by atoms with Crippen molar-refractivity contribution in [3.8, 4) is 0 Å². The minimum Gasteiger partial charge on any atom is -0.295 e. The largest absolute Gasteiger partial charge is 0.295 e. The van der Waals surface area contributed by atoms with Crippen LogP contribution in [0.15, 0.2) is 11.7 Å². The fourth-order valence-electron chi connectivity index (χ4n) is 2.26. The van der Waals surface area contributed by atoms with Gasteiger partial charge in [0.15, 0.2) is 0 Å². The molecule has 0 amide bonds. The quantitative estimate of drug-likeness (QED) is 0.773. The highest BCUT2D eigenvalue weighted by Crippen LogP contribution is 2.24. The van der Waals surface area contributed by atoms with Crippen molar-refractivity contribution >= 4 is 27.3 Å². The molecule has 2 rings (SSSR count). The van der Waals surface area contributed by atoms with Crippen LogP contribution < -0.4 is 0 Å². The Morgan fingerprint density at radius 2 is 2.53 bits per heavy atom.